The van der Waals surface area contributed by atoms with Crippen molar-refractivity contribution < 1.29 is 19.1 Å². The summed E-state index contributed by atoms with van der Waals surface area (Å²) in [5, 5.41) is 3.03. The first kappa shape index (κ1) is 17.3. The number of morpholine rings is 1. The molecule has 3 fully saturated rings. The summed E-state index contributed by atoms with van der Waals surface area (Å²) in [6, 6.07) is 5.25. The van der Waals surface area contributed by atoms with Crippen molar-refractivity contribution in [2.75, 3.05) is 38.7 Å². The minimum absolute atomic E-state index is 0.0358. The molecule has 3 aliphatic rings. The van der Waals surface area contributed by atoms with Crippen LogP contribution in [-0.2, 0) is 9.53 Å². The maximum atomic E-state index is 12.8. The zero-order valence-corrected chi connectivity index (χ0v) is 15.2. The van der Waals surface area contributed by atoms with Crippen molar-refractivity contribution in [3.05, 3.63) is 23.8 Å². The molecule has 0 unspecified atom stereocenters. The molecule has 1 saturated heterocycles. The molecule has 1 N–H and O–H groups in total. The number of anilines is 1. The highest BCUT2D eigenvalue weighted by atomic mass is 16.5. The van der Waals surface area contributed by atoms with Crippen LogP contribution in [0.1, 0.15) is 36.0 Å². The Bertz CT molecular complexity index is 699. The Hall–Kier alpha value is -2.08. The summed E-state index contributed by atoms with van der Waals surface area (Å²) < 4.78 is 10.7. The molecule has 3 atom stereocenters. The maximum Gasteiger partial charge on any atom is 0.254 e. The third-order valence-electron chi connectivity index (χ3n) is 6.08. The van der Waals surface area contributed by atoms with Crippen molar-refractivity contribution in [2.24, 2.45) is 17.8 Å². The van der Waals surface area contributed by atoms with E-state index >= 15 is 0 Å². The van der Waals surface area contributed by atoms with Crippen molar-refractivity contribution in [3.8, 4) is 5.75 Å². The smallest absolute Gasteiger partial charge is 0.254 e. The summed E-state index contributed by atoms with van der Waals surface area (Å²) in [5.74, 6) is 1.94. The third-order valence-corrected chi connectivity index (χ3v) is 6.08. The van der Waals surface area contributed by atoms with Gasteiger partial charge < -0.3 is 19.7 Å². The van der Waals surface area contributed by atoms with Crippen molar-refractivity contribution >= 4 is 17.5 Å². The summed E-state index contributed by atoms with van der Waals surface area (Å²) >= 11 is 0. The Labute approximate surface area is 153 Å². The number of benzene rings is 1. The monoisotopic (exact) mass is 358 g/mol. The van der Waals surface area contributed by atoms with E-state index in [1.807, 2.05) is 0 Å². The highest BCUT2D eigenvalue weighted by Gasteiger charge is 2.43. The fraction of sp³-hybridized carbons (Fsp3) is 0.600. The summed E-state index contributed by atoms with van der Waals surface area (Å²) in [7, 11) is 1.58. The van der Waals surface area contributed by atoms with E-state index in [1.54, 1.807) is 30.2 Å². The average Bonchev–Trinajstić information content (AvgIpc) is 3.31. The van der Waals surface area contributed by atoms with E-state index < -0.39 is 0 Å². The van der Waals surface area contributed by atoms with Gasteiger partial charge in [-0.05, 0) is 49.3 Å². The second-order valence-electron chi connectivity index (χ2n) is 7.59. The normalized spacial score (nSPS) is 27.4. The van der Waals surface area contributed by atoms with Gasteiger partial charge >= 0.3 is 0 Å². The predicted octanol–water partition coefficient (Wildman–Crippen LogP) is 2.54. The molecule has 2 saturated carbocycles. The molecule has 26 heavy (non-hydrogen) atoms. The molecule has 4 rings (SSSR count). The van der Waals surface area contributed by atoms with Crippen LogP contribution >= 0.6 is 0 Å². The molecule has 6 nitrogen and oxygen atoms in total. The fourth-order valence-corrected chi connectivity index (χ4v) is 4.68. The number of hydrogen-bond donors (Lipinski definition) is 1. The van der Waals surface area contributed by atoms with E-state index in [-0.39, 0.29) is 17.7 Å². The van der Waals surface area contributed by atoms with Crippen molar-refractivity contribution in [2.45, 2.75) is 25.7 Å². The first-order valence-electron chi connectivity index (χ1n) is 9.51. The number of carbonyl (C=O) groups excluding carboxylic acids is 2. The van der Waals surface area contributed by atoms with Gasteiger partial charge in [0.25, 0.3) is 5.91 Å². The van der Waals surface area contributed by atoms with Crippen molar-refractivity contribution in [1.29, 1.82) is 0 Å². The van der Waals surface area contributed by atoms with Gasteiger partial charge in [-0.3, -0.25) is 9.59 Å². The van der Waals surface area contributed by atoms with Crippen molar-refractivity contribution in [1.82, 2.24) is 4.90 Å². The maximum absolute atomic E-state index is 12.8. The van der Waals surface area contributed by atoms with E-state index in [1.165, 1.54) is 12.8 Å². The van der Waals surface area contributed by atoms with Crippen LogP contribution in [0.2, 0.25) is 0 Å². The van der Waals surface area contributed by atoms with Crippen LogP contribution in [0.4, 0.5) is 5.69 Å². The number of amides is 2. The fourth-order valence-electron chi connectivity index (χ4n) is 4.68. The number of fused-ring (bicyclic) bond motifs is 2. The van der Waals surface area contributed by atoms with E-state index in [2.05, 4.69) is 5.32 Å². The molecule has 6 heteroatoms. The predicted molar refractivity (Wildman–Crippen MR) is 97.3 cm³/mol. The topological polar surface area (TPSA) is 67.9 Å². The highest BCUT2D eigenvalue weighted by molar-refractivity contribution is 5.99. The SMILES string of the molecule is COc1ccc(C(=O)N2CCOCC2)cc1NC(=O)[C@H]1C[C@H]2CC[C@H]1C2. The lowest BCUT2D eigenvalue weighted by Gasteiger charge is -2.27. The van der Waals surface area contributed by atoms with Crippen LogP contribution in [0.15, 0.2) is 18.2 Å². The number of nitrogens with zero attached hydrogens (tertiary/aromatic N) is 1. The molecule has 2 bridgehead atoms. The highest BCUT2D eigenvalue weighted by Crippen LogP contribution is 2.48. The van der Waals surface area contributed by atoms with E-state index in [9.17, 15) is 9.59 Å². The molecule has 140 valence electrons. The van der Waals surface area contributed by atoms with E-state index in [4.69, 9.17) is 9.47 Å². The lowest BCUT2D eigenvalue weighted by Crippen LogP contribution is -2.40. The Morgan fingerprint density at radius 3 is 2.65 bits per heavy atom. The lowest BCUT2D eigenvalue weighted by atomic mass is 9.88. The third kappa shape index (κ3) is 3.30. The Balaban J connectivity index is 1.50. The zero-order valence-electron chi connectivity index (χ0n) is 15.2. The van der Waals surface area contributed by atoms with E-state index in [0.29, 0.717) is 55.1 Å². The Morgan fingerprint density at radius 1 is 1.19 bits per heavy atom. The van der Waals surface area contributed by atoms with Gasteiger partial charge in [-0.15, -0.1) is 0 Å². The molecule has 1 aliphatic heterocycles. The van der Waals surface area contributed by atoms with Gasteiger partial charge in [-0.2, -0.15) is 0 Å². The quantitative estimate of drug-likeness (QED) is 0.898. The summed E-state index contributed by atoms with van der Waals surface area (Å²) in [5.41, 5.74) is 1.15. The number of methoxy groups -OCH3 is 1. The summed E-state index contributed by atoms with van der Waals surface area (Å²) in [6.45, 7) is 2.32. The van der Waals surface area contributed by atoms with Crippen molar-refractivity contribution in [3.63, 3.8) is 0 Å². The van der Waals surface area contributed by atoms with Crippen LogP contribution < -0.4 is 10.1 Å². The molecule has 2 aliphatic carbocycles. The van der Waals surface area contributed by atoms with Crippen LogP contribution in [0.5, 0.6) is 5.75 Å². The van der Waals surface area contributed by atoms with Gasteiger partial charge in [0.1, 0.15) is 5.75 Å². The minimum Gasteiger partial charge on any atom is -0.495 e. The molecule has 0 radical (unpaired) electrons. The number of rotatable bonds is 4. The van der Waals surface area contributed by atoms with Gasteiger partial charge in [0, 0.05) is 24.6 Å². The van der Waals surface area contributed by atoms with Gasteiger partial charge in [-0.25, -0.2) is 0 Å². The second kappa shape index (κ2) is 7.27. The summed E-state index contributed by atoms with van der Waals surface area (Å²) in [6.07, 6.45) is 4.60. The van der Waals surface area contributed by atoms with Gasteiger partial charge in [0.05, 0.1) is 26.0 Å². The van der Waals surface area contributed by atoms with Crippen LogP contribution in [0.25, 0.3) is 0 Å². The molecular weight excluding hydrogens is 332 g/mol. The number of nitrogens with one attached hydrogen (secondary N) is 1. The number of ether oxygens (including phenoxy) is 2. The molecule has 2 amide bonds. The minimum atomic E-state index is -0.0358. The largest absolute Gasteiger partial charge is 0.495 e. The first-order chi connectivity index (χ1) is 12.7. The molecule has 0 aromatic heterocycles. The standard InChI is InChI=1S/C20H26N2O4/c1-25-18-5-4-15(20(24)22-6-8-26-9-7-22)12-17(18)21-19(23)16-11-13-2-3-14(16)10-13/h4-5,12-14,16H,2-3,6-11H2,1H3,(H,21,23)/t13-,14-,16-/m0/s1. The van der Waals surface area contributed by atoms with Crippen LogP contribution in [0.3, 0.4) is 0 Å². The molecular formula is C20H26N2O4. The van der Waals surface area contributed by atoms with Crippen LogP contribution in [-0.4, -0.2) is 50.1 Å². The Kier molecular flexibility index (Phi) is 4.85. The molecule has 1 heterocycles. The second-order valence-corrected chi connectivity index (χ2v) is 7.59. The molecule has 0 spiro atoms. The molecule has 1 aromatic carbocycles. The first-order valence-corrected chi connectivity index (χ1v) is 9.51. The van der Waals surface area contributed by atoms with Gasteiger partial charge in [-0.1, -0.05) is 6.42 Å². The van der Waals surface area contributed by atoms with Gasteiger partial charge in [0.2, 0.25) is 5.91 Å². The number of carbonyl (C=O) groups is 2. The molecule has 1 aromatic rings. The average molecular weight is 358 g/mol. The number of hydrogen-bond acceptors (Lipinski definition) is 4. The Morgan fingerprint density at radius 2 is 2.00 bits per heavy atom. The summed E-state index contributed by atoms with van der Waals surface area (Å²) in [4.78, 5) is 27.3. The van der Waals surface area contributed by atoms with Gasteiger partial charge in [0.15, 0.2) is 0 Å². The van der Waals surface area contributed by atoms with E-state index in [0.717, 1.165) is 12.8 Å². The lowest BCUT2D eigenvalue weighted by molar-refractivity contribution is -0.121. The van der Waals surface area contributed by atoms with Crippen LogP contribution in [0, 0.1) is 17.8 Å². The zero-order chi connectivity index (χ0) is 18.1.